The summed E-state index contributed by atoms with van der Waals surface area (Å²) >= 11 is 0. The van der Waals surface area contributed by atoms with Gasteiger partial charge in [0.25, 0.3) is 0 Å². The monoisotopic (exact) mass is 192 g/mol. The zero-order chi connectivity index (χ0) is 10.6. The van der Waals surface area contributed by atoms with E-state index in [9.17, 15) is 4.79 Å². The van der Waals surface area contributed by atoms with Crippen LogP contribution in [0.3, 0.4) is 0 Å². The van der Waals surface area contributed by atoms with Crippen molar-refractivity contribution < 1.29 is 9.53 Å². The summed E-state index contributed by atoms with van der Waals surface area (Å²) < 4.78 is 4.25. The van der Waals surface area contributed by atoms with Crippen LogP contribution in [0.4, 0.5) is 10.5 Å². The molecule has 0 aromatic heterocycles. The van der Waals surface area contributed by atoms with E-state index >= 15 is 0 Å². The first-order valence-corrected chi connectivity index (χ1v) is 4.46. The molecule has 1 amide bonds. The van der Waals surface area contributed by atoms with Gasteiger partial charge in [-0.15, -0.1) is 0 Å². The minimum absolute atomic E-state index is 0.438. The predicted molar refractivity (Wildman–Crippen MR) is 56.0 cm³/mol. The minimum atomic E-state index is -0.550. The summed E-state index contributed by atoms with van der Waals surface area (Å²) in [4.78, 5) is 10.9. The zero-order valence-electron chi connectivity index (χ0n) is 8.41. The molecular formula is C11H14NO2. The van der Waals surface area contributed by atoms with E-state index in [1.807, 2.05) is 24.3 Å². The molecular weight excluding hydrogens is 178 g/mol. The zero-order valence-corrected chi connectivity index (χ0v) is 8.41. The number of hydrogen-bond donors (Lipinski definition) is 1. The average Bonchev–Trinajstić information content (AvgIpc) is 2.18. The summed E-state index contributed by atoms with van der Waals surface area (Å²) in [5.41, 5.74) is 1.90. The number of carbonyl (C=O) groups excluding carboxylic acids is 1. The van der Waals surface area contributed by atoms with Crippen LogP contribution in [0, 0.1) is 7.11 Å². The Labute approximate surface area is 84.1 Å². The Kier molecular flexibility index (Phi) is 3.51. The summed E-state index contributed by atoms with van der Waals surface area (Å²) in [6, 6.07) is 7.64. The number of carbonyl (C=O) groups is 1. The standard InChI is InChI=1S/C11H14NO2/c1-8(2)9-5-4-6-10(7-9)12-11(13)14-3/h4-8H,3H2,1-2H3,(H,12,13). The molecule has 0 bridgehead atoms. The molecule has 0 fully saturated rings. The predicted octanol–water partition coefficient (Wildman–Crippen LogP) is 3.15. The van der Waals surface area contributed by atoms with Gasteiger partial charge in [-0.2, -0.15) is 0 Å². The van der Waals surface area contributed by atoms with Crippen molar-refractivity contribution >= 4 is 11.8 Å². The Balaban J connectivity index is 2.78. The molecule has 0 atom stereocenters. The van der Waals surface area contributed by atoms with Crippen molar-refractivity contribution in [1.82, 2.24) is 0 Å². The highest BCUT2D eigenvalue weighted by atomic mass is 16.5. The Bertz CT molecular complexity index is 321. The van der Waals surface area contributed by atoms with Gasteiger partial charge in [0.15, 0.2) is 0 Å². The molecule has 0 unspecified atom stereocenters. The van der Waals surface area contributed by atoms with Crippen LogP contribution in [-0.4, -0.2) is 6.09 Å². The fourth-order valence-corrected chi connectivity index (χ4v) is 1.13. The fourth-order valence-electron chi connectivity index (χ4n) is 1.13. The molecule has 1 radical (unpaired) electrons. The van der Waals surface area contributed by atoms with Crippen molar-refractivity contribution in [3.63, 3.8) is 0 Å². The van der Waals surface area contributed by atoms with Gasteiger partial charge in [0, 0.05) is 5.69 Å². The summed E-state index contributed by atoms with van der Waals surface area (Å²) in [5.74, 6) is 0.438. The Morgan fingerprint density at radius 1 is 1.50 bits per heavy atom. The van der Waals surface area contributed by atoms with Crippen LogP contribution in [0.25, 0.3) is 0 Å². The number of nitrogens with one attached hydrogen (secondary N) is 1. The summed E-state index contributed by atoms with van der Waals surface area (Å²) in [6.45, 7) is 4.19. The van der Waals surface area contributed by atoms with Crippen molar-refractivity contribution in [3.05, 3.63) is 36.9 Å². The van der Waals surface area contributed by atoms with Crippen LogP contribution in [0.2, 0.25) is 0 Å². The third-order valence-electron chi connectivity index (χ3n) is 1.93. The van der Waals surface area contributed by atoms with Gasteiger partial charge in [-0.1, -0.05) is 26.0 Å². The molecule has 0 aliphatic carbocycles. The molecule has 0 aliphatic heterocycles. The first-order valence-electron chi connectivity index (χ1n) is 4.46. The van der Waals surface area contributed by atoms with E-state index in [0.29, 0.717) is 5.92 Å². The topological polar surface area (TPSA) is 38.3 Å². The number of amides is 1. The second kappa shape index (κ2) is 4.65. The van der Waals surface area contributed by atoms with E-state index in [2.05, 4.69) is 31.0 Å². The summed E-state index contributed by atoms with van der Waals surface area (Å²) in [6.07, 6.45) is -0.550. The molecule has 0 saturated carbocycles. The van der Waals surface area contributed by atoms with Crippen LogP contribution >= 0.6 is 0 Å². The van der Waals surface area contributed by atoms with Crippen molar-refractivity contribution in [2.45, 2.75) is 19.8 Å². The molecule has 1 N–H and O–H groups in total. The fraction of sp³-hybridized carbons (Fsp3) is 0.273. The van der Waals surface area contributed by atoms with Gasteiger partial charge >= 0.3 is 6.09 Å². The van der Waals surface area contributed by atoms with Gasteiger partial charge in [-0.25, -0.2) is 4.79 Å². The summed E-state index contributed by atoms with van der Waals surface area (Å²) in [5, 5.41) is 2.56. The lowest BCUT2D eigenvalue weighted by Crippen LogP contribution is -2.10. The maximum absolute atomic E-state index is 10.9. The van der Waals surface area contributed by atoms with Crippen molar-refractivity contribution in [2.75, 3.05) is 5.32 Å². The third kappa shape index (κ3) is 2.76. The second-order valence-corrected chi connectivity index (χ2v) is 3.34. The summed E-state index contributed by atoms with van der Waals surface area (Å²) in [7, 11) is 3.03. The normalized spacial score (nSPS) is 10.0. The molecule has 0 heterocycles. The lowest BCUT2D eigenvalue weighted by atomic mass is 10.0. The number of anilines is 1. The van der Waals surface area contributed by atoms with Gasteiger partial charge in [0.2, 0.25) is 0 Å². The van der Waals surface area contributed by atoms with E-state index in [-0.39, 0.29) is 0 Å². The van der Waals surface area contributed by atoms with Gasteiger partial charge in [0.05, 0.1) is 0 Å². The van der Waals surface area contributed by atoms with Crippen LogP contribution in [0.1, 0.15) is 25.3 Å². The van der Waals surface area contributed by atoms with Crippen molar-refractivity contribution in [1.29, 1.82) is 0 Å². The maximum atomic E-state index is 10.9. The molecule has 3 heteroatoms. The molecule has 0 spiro atoms. The van der Waals surface area contributed by atoms with E-state index in [1.165, 1.54) is 5.56 Å². The number of ether oxygens (including phenoxy) is 1. The van der Waals surface area contributed by atoms with E-state index in [0.717, 1.165) is 5.69 Å². The van der Waals surface area contributed by atoms with Gasteiger partial charge in [-0.3, -0.25) is 5.32 Å². The van der Waals surface area contributed by atoms with Gasteiger partial charge in [0.1, 0.15) is 7.11 Å². The highest BCUT2D eigenvalue weighted by Gasteiger charge is 2.03. The quantitative estimate of drug-likeness (QED) is 0.781. The number of rotatable bonds is 2. The van der Waals surface area contributed by atoms with Crippen LogP contribution in [-0.2, 0) is 4.74 Å². The molecule has 0 aliphatic rings. The van der Waals surface area contributed by atoms with E-state index in [4.69, 9.17) is 0 Å². The Morgan fingerprint density at radius 2 is 2.21 bits per heavy atom. The average molecular weight is 192 g/mol. The lowest BCUT2D eigenvalue weighted by Gasteiger charge is -2.08. The van der Waals surface area contributed by atoms with Crippen LogP contribution in [0.5, 0.6) is 0 Å². The molecule has 0 saturated heterocycles. The Morgan fingerprint density at radius 3 is 2.79 bits per heavy atom. The molecule has 75 valence electrons. The molecule has 1 aromatic carbocycles. The second-order valence-electron chi connectivity index (χ2n) is 3.34. The number of hydrogen-bond acceptors (Lipinski definition) is 2. The lowest BCUT2D eigenvalue weighted by molar-refractivity contribution is 0.199. The van der Waals surface area contributed by atoms with E-state index < -0.39 is 6.09 Å². The number of benzene rings is 1. The van der Waals surface area contributed by atoms with E-state index in [1.54, 1.807) is 0 Å². The smallest absolute Gasteiger partial charge is 0.411 e. The SMILES string of the molecule is [CH2]OC(=O)Nc1cccc(C(C)C)c1. The molecule has 3 nitrogen and oxygen atoms in total. The largest absolute Gasteiger partial charge is 0.446 e. The maximum Gasteiger partial charge on any atom is 0.411 e. The van der Waals surface area contributed by atoms with Crippen molar-refractivity contribution in [2.24, 2.45) is 0 Å². The van der Waals surface area contributed by atoms with Gasteiger partial charge < -0.3 is 4.74 Å². The molecule has 1 aromatic rings. The van der Waals surface area contributed by atoms with Crippen molar-refractivity contribution in [3.8, 4) is 0 Å². The highest BCUT2D eigenvalue weighted by Crippen LogP contribution is 2.18. The Hall–Kier alpha value is -1.51. The molecule has 1 rings (SSSR count). The van der Waals surface area contributed by atoms with Crippen LogP contribution < -0.4 is 5.32 Å². The van der Waals surface area contributed by atoms with Gasteiger partial charge in [-0.05, 0) is 23.6 Å². The third-order valence-corrected chi connectivity index (χ3v) is 1.93. The molecule has 14 heavy (non-hydrogen) atoms. The minimum Gasteiger partial charge on any atom is -0.446 e. The highest BCUT2D eigenvalue weighted by molar-refractivity contribution is 5.84. The first-order chi connectivity index (χ1) is 6.63. The van der Waals surface area contributed by atoms with Crippen LogP contribution in [0.15, 0.2) is 24.3 Å². The first kappa shape index (κ1) is 10.6.